The molecular formula is C36H24CuN8NaO16S2. The number of nitrogens with one attached hydrogen (secondary N) is 2. The molecule has 0 saturated carbocycles. The van der Waals surface area contributed by atoms with Crippen LogP contribution in [0.1, 0.15) is 31.8 Å². The van der Waals surface area contributed by atoms with E-state index in [-0.39, 0.29) is 80.5 Å². The van der Waals surface area contributed by atoms with E-state index in [4.69, 9.17) is 0 Å². The van der Waals surface area contributed by atoms with Crippen LogP contribution in [0.5, 0.6) is 0 Å². The molecular weight excluding hydrogens is 951 g/mol. The number of hydrogen-bond acceptors (Lipinski definition) is 16. The summed E-state index contributed by atoms with van der Waals surface area (Å²) in [6.45, 7) is 0. The average Bonchev–Trinajstić information content (AvgIpc) is 3.73. The van der Waals surface area contributed by atoms with Crippen LogP contribution in [-0.2, 0) is 56.5 Å². The van der Waals surface area contributed by atoms with Crippen molar-refractivity contribution in [1.82, 2.24) is 0 Å². The fourth-order valence-electron chi connectivity index (χ4n) is 5.63. The van der Waals surface area contributed by atoms with Gasteiger partial charge in [0.1, 0.15) is 9.79 Å². The maximum Gasteiger partial charge on any atom is 0.358 e. The Bertz CT molecular complexity index is 2860. The van der Waals surface area contributed by atoms with Crippen LogP contribution < -0.4 is 20.9 Å². The van der Waals surface area contributed by atoms with Gasteiger partial charge in [0, 0.05) is 46.6 Å². The molecule has 4 aromatic rings. The Morgan fingerprint density at radius 1 is 0.562 bits per heavy atom. The molecule has 0 atom stereocenters. The van der Waals surface area contributed by atoms with Gasteiger partial charge in [0.15, 0.2) is 11.4 Å². The van der Waals surface area contributed by atoms with Gasteiger partial charge in [0.25, 0.3) is 20.2 Å². The number of carboxylic acids is 4. The van der Waals surface area contributed by atoms with Crippen molar-refractivity contribution in [3.05, 3.63) is 107 Å². The van der Waals surface area contributed by atoms with Crippen molar-refractivity contribution < 1.29 is 92.2 Å². The number of para-hydroxylation sites is 2. The van der Waals surface area contributed by atoms with Gasteiger partial charge < -0.3 is 20.4 Å². The van der Waals surface area contributed by atoms with E-state index in [1.807, 2.05) is 0 Å². The molecule has 2 aliphatic heterocycles. The largest absolute Gasteiger partial charge is 0.478 e. The van der Waals surface area contributed by atoms with Crippen LogP contribution in [0.2, 0.25) is 0 Å². The van der Waals surface area contributed by atoms with Gasteiger partial charge in [-0.3, -0.25) is 29.5 Å². The van der Waals surface area contributed by atoms with E-state index in [2.05, 4.69) is 31.3 Å². The number of carbonyl (C=O) groups excluding carboxylic acids is 2. The van der Waals surface area contributed by atoms with E-state index in [0.717, 1.165) is 60.7 Å². The smallest absolute Gasteiger partial charge is 0.358 e. The molecule has 24 nitrogen and oxygen atoms in total. The normalized spacial score (nSPS) is 15.1. The van der Waals surface area contributed by atoms with Crippen molar-refractivity contribution >= 4 is 143 Å². The van der Waals surface area contributed by atoms with Crippen molar-refractivity contribution in [2.45, 2.75) is 9.79 Å². The fraction of sp³-hybridized carbons (Fsp3) is 0. The van der Waals surface area contributed by atoms with E-state index in [1.54, 1.807) is 0 Å². The van der Waals surface area contributed by atoms with Gasteiger partial charge in [-0.1, -0.05) is 48.6 Å². The molecule has 2 aliphatic rings. The number of carbonyl (C=O) groups is 6. The summed E-state index contributed by atoms with van der Waals surface area (Å²) < 4.78 is 69.8. The Kier molecular flexibility index (Phi) is 15.2. The van der Waals surface area contributed by atoms with E-state index >= 15 is 0 Å². The van der Waals surface area contributed by atoms with E-state index < -0.39 is 99.7 Å². The summed E-state index contributed by atoms with van der Waals surface area (Å²) in [6, 6.07) is 16.2. The van der Waals surface area contributed by atoms with Crippen molar-refractivity contribution in [3.63, 3.8) is 0 Å². The third-order valence-electron chi connectivity index (χ3n) is 8.39. The summed E-state index contributed by atoms with van der Waals surface area (Å²) in [6.07, 6.45) is 2.03. The number of amides is 2. The number of carboxylic acid groups (broad SMARTS) is 4. The summed E-state index contributed by atoms with van der Waals surface area (Å²) in [7, 11) is -10.2. The standard InChI is InChI=1S/C36H24N8O16S2.Cu.Na/c45-31-27(29(35(51)52)41-43(31)23-7-3-1-5-21(23)33(47)48)39-37-19-13-11-17(25(15-19)61(55,56)57)9-10-18-12-14-20(16-26(18)62(58,59)60)38-40-28-30(36(53)54)42-44(32(28)46)24-8-4-2-6-22(24)34(49)50;;/h1-16,37-38H,(H,47,48)(H,49,50)(H,51,52)(H,53,54)(H,55,56,57)(H,58,59,60);;/b10-9?,39-27+,40-28+;;. The van der Waals surface area contributed by atoms with Crippen molar-refractivity contribution in [1.29, 1.82) is 0 Å². The molecule has 2 heterocycles. The summed E-state index contributed by atoms with van der Waals surface area (Å²) in [5.74, 6) is -8.69. The molecule has 0 saturated heterocycles. The van der Waals surface area contributed by atoms with Gasteiger partial charge in [-0.15, -0.1) is 0 Å². The molecule has 8 N–H and O–H groups in total. The minimum Gasteiger partial charge on any atom is -0.478 e. The quantitative estimate of drug-likeness (QED) is 0.0387. The number of rotatable bonds is 14. The van der Waals surface area contributed by atoms with Crippen molar-refractivity contribution in [2.75, 3.05) is 20.9 Å². The summed E-state index contributed by atoms with van der Waals surface area (Å²) >= 11 is 0. The van der Waals surface area contributed by atoms with Crippen LogP contribution in [0.25, 0.3) is 12.2 Å². The second kappa shape index (κ2) is 19.6. The van der Waals surface area contributed by atoms with E-state index in [9.17, 15) is 75.1 Å². The topological polar surface area (TPSA) is 372 Å². The number of anilines is 4. The zero-order valence-electron chi connectivity index (χ0n) is 31.8. The molecule has 0 unspecified atom stereocenters. The summed E-state index contributed by atoms with van der Waals surface area (Å²) in [5, 5.41) is 54.2. The second-order valence-electron chi connectivity index (χ2n) is 12.3. The third-order valence-corrected chi connectivity index (χ3v) is 10.2. The molecule has 4 aromatic carbocycles. The minimum absolute atomic E-state index is 0. The molecule has 2 radical (unpaired) electrons. The molecule has 28 heteroatoms. The van der Waals surface area contributed by atoms with Gasteiger partial charge in [0.05, 0.1) is 33.9 Å². The first-order chi connectivity index (χ1) is 29.2. The SMILES string of the molecule is O=C(O)C1=NN(c2ccccc2C(=O)O)C(=O)/C1=N/Nc1ccc(C=Cc2ccc(N/N=C3/C(=O)N(c4ccccc4C(=O)O)N=C3C(=O)O)cc2S(=O)(=O)O)c(S(=O)(=O)O)c1.[Cu].[Na]. The first-order valence-electron chi connectivity index (χ1n) is 16.7. The zero-order valence-corrected chi connectivity index (χ0v) is 36.4. The monoisotopic (exact) mass is 974 g/mol. The Labute approximate surface area is 391 Å². The van der Waals surface area contributed by atoms with Gasteiger partial charge in [-0.25, -0.2) is 19.2 Å². The first-order valence-corrected chi connectivity index (χ1v) is 19.6. The molecule has 0 fully saturated rings. The molecule has 2 amide bonds. The third kappa shape index (κ3) is 10.5. The molecule has 6 rings (SSSR count). The maximum absolute atomic E-state index is 13.2. The Morgan fingerprint density at radius 2 is 0.906 bits per heavy atom. The predicted octanol–water partition coefficient (Wildman–Crippen LogP) is 1.87. The first kappa shape index (κ1) is 49.7. The zero-order chi connectivity index (χ0) is 45.3. The molecule has 0 aromatic heterocycles. The van der Waals surface area contributed by atoms with E-state index in [1.165, 1.54) is 36.4 Å². The fourth-order valence-corrected chi connectivity index (χ4v) is 7.05. The van der Waals surface area contributed by atoms with Crippen molar-refractivity contribution in [2.24, 2.45) is 20.4 Å². The van der Waals surface area contributed by atoms with Crippen LogP contribution in [-0.4, -0.2) is 134 Å². The number of benzene rings is 4. The van der Waals surface area contributed by atoms with Crippen LogP contribution in [0.4, 0.5) is 22.7 Å². The summed E-state index contributed by atoms with van der Waals surface area (Å²) in [5.41, 5.74) is -1.27. The van der Waals surface area contributed by atoms with Gasteiger partial charge in [-0.05, 0) is 59.7 Å². The maximum atomic E-state index is 13.2. The van der Waals surface area contributed by atoms with E-state index in [0.29, 0.717) is 10.0 Å². The predicted molar refractivity (Wildman–Crippen MR) is 221 cm³/mol. The molecule has 328 valence electrons. The second-order valence-corrected chi connectivity index (χ2v) is 15.1. The molecule has 0 aliphatic carbocycles. The average molecular weight is 975 g/mol. The number of aliphatic carboxylic acids is 2. The van der Waals surface area contributed by atoms with Gasteiger partial charge in [-0.2, -0.15) is 47.3 Å². The van der Waals surface area contributed by atoms with Crippen molar-refractivity contribution in [3.8, 4) is 0 Å². The number of nitrogens with zero attached hydrogens (tertiary/aromatic N) is 6. The number of hydrazone groups is 4. The Hall–Kier alpha value is -6.94. The Morgan fingerprint density at radius 3 is 1.22 bits per heavy atom. The number of hydrogen-bond donors (Lipinski definition) is 8. The molecule has 64 heavy (non-hydrogen) atoms. The number of aromatic carboxylic acids is 2. The van der Waals surface area contributed by atoms with Crippen LogP contribution in [0.3, 0.4) is 0 Å². The summed E-state index contributed by atoms with van der Waals surface area (Å²) in [4.78, 5) is 72.0. The van der Waals surface area contributed by atoms with Crippen LogP contribution in [0.15, 0.2) is 115 Å². The van der Waals surface area contributed by atoms with Crippen LogP contribution in [0, 0.1) is 0 Å². The molecule has 0 bridgehead atoms. The van der Waals surface area contributed by atoms with Crippen LogP contribution >= 0.6 is 0 Å². The van der Waals surface area contributed by atoms with Gasteiger partial charge in [0.2, 0.25) is 11.4 Å². The molecule has 0 spiro atoms. The van der Waals surface area contributed by atoms with Gasteiger partial charge >= 0.3 is 35.7 Å². The Balaban J connectivity index is 0.00000449. The minimum atomic E-state index is -5.09.